The number of likely N-dealkylation sites (N-methyl/N-ethyl adjacent to an activating group) is 1. The minimum atomic E-state index is -0.995. The third kappa shape index (κ3) is 25.4. The van der Waals surface area contributed by atoms with Gasteiger partial charge in [0.25, 0.3) is 0 Å². The smallest absolute Gasteiger partial charge is 0.102 e. The number of carboxylic acids is 1. The molecule has 0 saturated carbocycles. The Balaban J connectivity index is 0. The van der Waals surface area contributed by atoms with Crippen LogP contribution in [0.5, 0.6) is 0 Å². The molecule has 0 unspecified atom stereocenters. The minimum absolute atomic E-state index is 0.111. The summed E-state index contributed by atoms with van der Waals surface area (Å²) in [6.45, 7) is 9.89. The number of quaternary nitrogens is 1. The van der Waals surface area contributed by atoms with Gasteiger partial charge in [0.15, 0.2) is 0 Å². The molecule has 0 spiro atoms. The summed E-state index contributed by atoms with van der Waals surface area (Å²) in [6, 6.07) is 0. The second-order valence-corrected chi connectivity index (χ2v) is 9.19. The number of carbonyl (C=O) groups excluding carboxylic acids is 1. The monoisotopic (exact) mass is 429 g/mol. The molecule has 4 heteroatoms. The van der Waals surface area contributed by atoms with E-state index in [2.05, 4.69) is 20.9 Å². The summed E-state index contributed by atoms with van der Waals surface area (Å²) in [4.78, 5) is 9.26. The Hall–Kier alpha value is -0.610. The van der Waals surface area contributed by atoms with Gasteiger partial charge in [-0.25, -0.2) is 0 Å². The first-order valence-corrected chi connectivity index (χ1v) is 13.1. The number of aliphatic carboxylic acids is 1. The van der Waals surface area contributed by atoms with E-state index in [-0.39, 0.29) is 6.42 Å². The van der Waals surface area contributed by atoms with Crippen LogP contribution in [0.3, 0.4) is 0 Å². The Morgan fingerprint density at radius 1 is 0.633 bits per heavy atom. The third-order valence-corrected chi connectivity index (χ3v) is 6.03. The van der Waals surface area contributed by atoms with E-state index in [0.717, 1.165) is 11.0 Å². The van der Waals surface area contributed by atoms with Gasteiger partial charge in [-0.05, 0) is 32.1 Å². The van der Waals surface area contributed by atoms with Crippen LogP contribution in [-0.4, -0.2) is 48.8 Å². The van der Waals surface area contributed by atoms with E-state index < -0.39 is 5.97 Å². The molecule has 0 rings (SSSR count). The molecule has 0 saturated heterocycles. The topological polar surface area (TPSA) is 60.4 Å². The quantitative estimate of drug-likeness (QED) is 0.184. The number of hydrogen-bond acceptors (Lipinski definition) is 3. The maximum absolute atomic E-state index is 9.43. The number of aliphatic hydroxyl groups is 1. The van der Waals surface area contributed by atoms with E-state index in [1.165, 1.54) is 123 Å². The van der Waals surface area contributed by atoms with Gasteiger partial charge in [0.05, 0.1) is 26.7 Å². The van der Waals surface area contributed by atoms with Crippen molar-refractivity contribution in [1.29, 1.82) is 0 Å². The molecular formula is C26H55NO3. The SMILES string of the molecule is CCC(=O)[O-].CCCCCCCCCC[N+](C)(CCO)CCCCCCCCCC. The molecule has 30 heavy (non-hydrogen) atoms. The summed E-state index contributed by atoms with van der Waals surface area (Å²) in [5.74, 6) is -0.995. The zero-order valence-corrected chi connectivity index (χ0v) is 21.1. The average Bonchev–Trinajstić information content (AvgIpc) is 2.72. The van der Waals surface area contributed by atoms with Gasteiger partial charge in [0.1, 0.15) is 6.54 Å². The van der Waals surface area contributed by atoms with E-state index in [1.54, 1.807) is 0 Å². The molecule has 4 nitrogen and oxygen atoms in total. The van der Waals surface area contributed by atoms with E-state index in [4.69, 9.17) is 0 Å². The van der Waals surface area contributed by atoms with Crippen LogP contribution in [-0.2, 0) is 4.79 Å². The van der Waals surface area contributed by atoms with Crippen LogP contribution in [0.4, 0.5) is 0 Å². The normalized spacial score (nSPS) is 11.2. The van der Waals surface area contributed by atoms with Gasteiger partial charge in [0, 0.05) is 5.97 Å². The predicted octanol–water partition coefficient (Wildman–Crippen LogP) is 5.85. The molecule has 0 radical (unpaired) electrons. The van der Waals surface area contributed by atoms with Crippen molar-refractivity contribution in [3.63, 3.8) is 0 Å². The summed E-state index contributed by atoms with van der Waals surface area (Å²) >= 11 is 0. The minimum Gasteiger partial charge on any atom is -0.550 e. The first kappa shape index (κ1) is 31.6. The van der Waals surface area contributed by atoms with Crippen molar-refractivity contribution < 1.29 is 19.5 Å². The predicted molar refractivity (Wildman–Crippen MR) is 128 cm³/mol. The molecule has 0 heterocycles. The fourth-order valence-electron chi connectivity index (χ4n) is 3.83. The Labute approximate surface area is 189 Å². The average molecular weight is 430 g/mol. The highest BCUT2D eigenvalue weighted by atomic mass is 16.4. The summed E-state index contributed by atoms with van der Waals surface area (Å²) < 4.78 is 1.09. The number of unbranched alkanes of at least 4 members (excludes halogenated alkanes) is 14. The zero-order chi connectivity index (χ0) is 22.9. The second kappa shape index (κ2) is 24.7. The first-order chi connectivity index (χ1) is 14.5. The fourth-order valence-corrected chi connectivity index (χ4v) is 3.83. The van der Waals surface area contributed by atoms with Gasteiger partial charge < -0.3 is 19.5 Å². The van der Waals surface area contributed by atoms with Gasteiger partial charge in [-0.1, -0.05) is 97.8 Å². The first-order valence-electron chi connectivity index (χ1n) is 13.1. The molecule has 0 aliphatic heterocycles. The van der Waals surface area contributed by atoms with E-state index in [9.17, 15) is 15.0 Å². The molecule has 0 amide bonds. The highest BCUT2D eigenvalue weighted by Gasteiger charge is 2.19. The van der Waals surface area contributed by atoms with Crippen LogP contribution in [0.25, 0.3) is 0 Å². The maximum atomic E-state index is 9.43. The fraction of sp³-hybridized carbons (Fsp3) is 0.962. The summed E-state index contributed by atoms with van der Waals surface area (Å²) in [5.41, 5.74) is 0. The van der Waals surface area contributed by atoms with Crippen molar-refractivity contribution in [3.8, 4) is 0 Å². The Kier molecular flexibility index (Phi) is 26.0. The largest absolute Gasteiger partial charge is 0.550 e. The highest BCUT2D eigenvalue weighted by molar-refractivity contribution is 5.63. The Morgan fingerprint density at radius 2 is 0.933 bits per heavy atom. The van der Waals surface area contributed by atoms with Crippen molar-refractivity contribution in [2.24, 2.45) is 0 Å². The molecule has 0 bridgehead atoms. The van der Waals surface area contributed by atoms with E-state index >= 15 is 0 Å². The Bertz CT molecular complexity index is 327. The van der Waals surface area contributed by atoms with Gasteiger partial charge in [-0.15, -0.1) is 0 Å². The lowest BCUT2D eigenvalue weighted by Crippen LogP contribution is -2.47. The molecule has 1 N–H and O–H groups in total. The molecular weight excluding hydrogens is 374 g/mol. The van der Waals surface area contributed by atoms with Crippen LogP contribution in [0.15, 0.2) is 0 Å². The molecule has 0 aromatic rings. The van der Waals surface area contributed by atoms with Gasteiger partial charge in [-0.3, -0.25) is 0 Å². The van der Waals surface area contributed by atoms with Crippen molar-refractivity contribution in [1.82, 2.24) is 0 Å². The second-order valence-electron chi connectivity index (χ2n) is 9.19. The van der Waals surface area contributed by atoms with Crippen LogP contribution in [0, 0.1) is 0 Å². The number of rotatable bonds is 21. The molecule has 0 aromatic heterocycles. The number of nitrogens with zero attached hydrogens (tertiary/aromatic N) is 1. The van der Waals surface area contributed by atoms with Crippen molar-refractivity contribution in [2.45, 2.75) is 130 Å². The summed E-state index contributed by atoms with van der Waals surface area (Å²) in [7, 11) is 2.36. The standard InChI is InChI=1S/C23H50NO.C3H6O2/c1-4-6-8-10-12-14-16-18-20-24(3,22-23-25)21-19-17-15-13-11-9-7-5-2;1-2-3(4)5/h25H,4-23H2,1-3H3;2H2,1H3,(H,4,5)/q+1;/p-1. The van der Waals surface area contributed by atoms with Crippen LogP contribution < -0.4 is 5.11 Å². The number of hydrogen-bond donors (Lipinski definition) is 1. The summed E-state index contributed by atoms with van der Waals surface area (Å²) in [6.07, 6.45) is 22.4. The molecule has 0 aliphatic rings. The van der Waals surface area contributed by atoms with Crippen LogP contribution in [0.1, 0.15) is 130 Å². The van der Waals surface area contributed by atoms with Crippen LogP contribution in [0.2, 0.25) is 0 Å². The molecule has 0 fully saturated rings. The third-order valence-electron chi connectivity index (χ3n) is 6.03. The lowest BCUT2D eigenvalue weighted by Gasteiger charge is -2.34. The van der Waals surface area contributed by atoms with Gasteiger partial charge in [0.2, 0.25) is 0 Å². The molecule has 0 aliphatic carbocycles. The lowest BCUT2D eigenvalue weighted by molar-refractivity contribution is -0.910. The number of carbonyl (C=O) groups is 1. The molecule has 0 aromatic carbocycles. The van der Waals surface area contributed by atoms with Gasteiger partial charge >= 0.3 is 0 Å². The van der Waals surface area contributed by atoms with E-state index in [1.807, 2.05) is 0 Å². The molecule has 0 atom stereocenters. The molecule has 182 valence electrons. The van der Waals surface area contributed by atoms with E-state index in [0.29, 0.717) is 6.61 Å². The number of aliphatic hydroxyl groups excluding tert-OH is 1. The van der Waals surface area contributed by atoms with Crippen molar-refractivity contribution >= 4 is 5.97 Å². The van der Waals surface area contributed by atoms with Crippen molar-refractivity contribution in [3.05, 3.63) is 0 Å². The highest BCUT2D eigenvalue weighted by Crippen LogP contribution is 2.14. The maximum Gasteiger partial charge on any atom is 0.102 e. The van der Waals surface area contributed by atoms with Gasteiger partial charge in [-0.2, -0.15) is 0 Å². The van der Waals surface area contributed by atoms with Crippen LogP contribution >= 0.6 is 0 Å². The number of carboxylic acid groups (broad SMARTS) is 1. The Morgan fingerprint density at radius 3 is 1.20 bits per heavy atom. The lowest BCUT2D eigenvalue weighted by atomic mass is 10.1. The summed E-state index contributed by atoms with van der Waals surface area (Å²) in [5, 5.41) is 18.7. The zero-order valence-electron chi connectivity index (χ0n) is 21.1. The van der Waals surface area contributed by atoms with Crippen molar-refractivity contribution in [2.75, 3.05) is 33.3 Å².